The molecule has 1 heterocycles. The molecule has 1 aromatic heterocycles. The van der Waals surface area contributed by atoms with Crippen molar-refractivity contribution in [3.8, 4) is 0 Å². The highest BCUT2D eigenvalue weighted by Gasteiger charge is 2.22. The molecule has 0 bridgehead atoms. The Hall–Kier alpha value is -3.21. The van der Waals surface area contributed by atoms with Crippen molar-refractivity contribution in [1.29, 1.82) is 0 Å². The zero-order chi connectivity index (χ0) is 18.4. The lowest BCUT2D eigenvalue weighted by molar-refractivity contribution is -0.121. The monoisotopic (exact) mass is 346 g/mol. The Balaban J connectivity index is 1.79. The number of benzene rings is 2. The first-order valence-electron chi connectivity index (χ1n) is 8.52. The highest BCUT2D eigenvalue weighted by molar-refractivity contribution is 5.87. The maximum Gasteiger partial charge on any atom is 0.232 e. The van der Waals surface area contributed by atoms with E-state index in [4.69, 9.17) is 0 Å². The molecule has 0 aliphatic rings. The minimum atomic E-state index is -0.354. The molecule has 0 radical (unpaired) electrons. The summed E-state index contributed by atoms with van der Waals surface area (Å²) in [6.07, 6.45) is 1.70. The van der Waals surface area contributed by atoms with E-state index in [0.717, 1.165) is 16.8 Å². The van der Waals surface area contributed by atoms with Crippen LogP contribution in [0.25, 0.3) is 0 Å². The second kappa shape index (κ2) is 8.25. The molecule has 0 spiro atoms. The molecular formula is C21H22N4O. The Labute approximate surface area is 153 Å². The van der Waals surface area contributed by atoms with Crippen LogP contribution in [0, 0.1) is 0 Å². The summed E-state index contributed by atoms with van der Waals surface area (Å²) in [5.41, 5.74) is 2.71. The van der Waals surface area contributed by atoms with Gasteiger partial charge in [-0.05, 0) is 17.2 Å². The van der Waals surface area contributed by atoms with Crippen LogP contribution >= 0.6 is 0 Å². The van der Waals surface area contributed by atoms with E-state index >= 15 is 0 Å². The summed E-state index contributed by atoms with van der Waals surface area (Å²) in [6, 6.07) is 21.4. The van der Waals surface area contributed by atoms with Gasteiger partial charge in [-0.2, -0.15) is 0 Å². The van der Waals surface area contributed by atoms with E-state index in [1.165, 1.54) is 0 Å². The molecular weight excluding hydrogens is 324 g/mol. The Morgan fingerprint density at radius 3 is 2.08 bits per heavy atom. The summed E-state index contributed by atoms with van der Waals surface area (Å²) in [5, 5.41) is 3.01. The lowest BCUT2D eigenvalue weighted by Crippen LogP contribution is -2.30. The summed E-state index contributed by atoms with van der Waals surface area (Å²) >= 11 is 0. The van der Waals surface area contributed by atoms with Crippen molar-refractivity contribution in [1.82, 2.24) is 15.3 Å². The number of rotatable bonds is 6. The van der Waals surface area contributed by atoms with Crippen molar-refractivity contribution in [2.75, 3.05) is 19.0 Å². The maximum atomic E-state index is 13.0. The molecule has 3 aromatic rings. The highest BCUT2D eigenvalue weighted by atomic mass is 16.1. The molecule has 0 aliphatic carbocycles. The molecule has 0 aliphatic heterocycles. The van der Waals surface area contributed by atoms with Crippen molar-refractivity contribution in [3.63, 3.8) is 0 Å². The summed E-state index contributed by atoms with van der Waals surface area (Å²) in [4.78, 5) is 23.5. The van der Waals surface area contributed by atoms with Gasteiger partial charge in [0, 0.05) is 20.3 Å². The van der Waals surface area contributed by atoms with Crippen LogP contribution in [0.5, 0.6) is 0 Å². The van der Waals surface area contributed by atoms with Gasteiger partial charge in [0.2, 0.25) is 11.9 Å². The standard InChI is InChI=1S/C21H22N4O/c1-25(2)21-22-14-13-18(24-21)15-23-20(26)19(16-9-5-3-6-10-16)17-11-7-4-8-12-17/h3-14,19H,15H2,1-2H3,(H,23,26). The molecule has 5 nitrogen and oxygen atoms in total. The lowest BCUT2D eigenvalue weighted by atomic mass is 9.90. The molecule has 5 heteroatoms. The third-order valence-corrected chi connectivity index (χ3v) is 4.07. The number of hydrogen-bond acceptors (Lipinski definition) is 4. The highest BCUT2D eigenvalue weighted by Crippen LogP contribution is 2.24. The number of nitrogens with zero attached hydrogens (tertiary/aromatic N) is 3. The molecule has 2 aromatic carbocycles. The van der Waals surface area contributed by atoms with Crippen LogP contribution in [0.1, 0.15) is 22.7 Å². The van der Waals surface area contributed by atoms with Crippen LogP contribution in [-0.2, 0) is 11.3 Å². The van der Waals surface area contributed by atoms with E-state index in [2.05, 4.69) is 15.3 Å². The zero-order valence-electron chi connectivity index (χ0n) is 15.0. The molecule has 1 amide bonds. The van der Waals surface area contributed by atoms with Crippen LogP contribution in [-0.4, -0.2) is 30.0 Å². The fourth-order valence-electron chi connectivity index (χ4n) is 2.76. The number of carbonyl (C=O) groups is 1. The first-order valence-corrected chi connectivity index (χ1v) is 8.52. The van der Waals surface area contributed by atoms with Gasteiger partial charge >= 0.3 is 0 Å². The number of aromatic nitrogens is 2. The summed E-state index contributed by atoms with van der Waals surface area (Å²) in [5.74, 6) is 0.222. The second-order valence-electron chi connectivity index (χ2n) is 6.21. The van der Waals surface area contributed by atoms with Crippen LogP contribution in [0.4, 0.5) is 5.95 Å². The fourth-order valence-corrected chi connectivity index (χ4v) is 2.76. The van der Waals surface area contributed by atoms with Gasteiger partial charge in [-0.1, -0.05) is 60.7 Å². The third kappa shape index (κ3) is 4.25. The molecule has 0 unspecified atom stereocenters. The Morgan fingerprint density at radius 2 is 1.54 bits per heavy atom. The van der Waals surface area contributed by atoms with Crippen LogP contribution < -0.4 is 10.2 Å². The van der Waals surface area contributed by atoms with Gasteiger partial charge in [0.25, 0.3) is 0 Å². The van der Waals surface area contributed by atoms with Gasteiger partial charge in [-0.25, -0.2) is 9.97 Å². The van der Waals surface area contributed by atoms with Crippen LogP contribution in [0.3, 0.4) is 0 Å². The van der Waals surface area contributed by atoms with E-state index in [-0.39, 0.29) is 11.8 Å². The first-order chi connectivity index (χ1) is 12.6. The van der Waals surface area contributed by atoms with E-state index in [1.807, 2.05) is 85.7 Å². The van der Waals surface area contributed by atoms with E-state index < -0.39 is 0 Å². The molecule has 0 atom stereocenters. The van der Waals surface area contributed by atoms with Crippen molar-refractivity contribution in [3.05, 3.63) is 89.7 Å². The van der Waals surface area contributed by atoms with Gasteiger partial charge in [0.05, 0.1) is 18.2 Å². The Kier molecular flexibility index (Phi) is 5.59. The number of carbonyl (C=O) groups excluding carboxylic acids is 1. The van der Waals surface area contributed by atoms with Gasteiger partial charge in [-0.15, -0.1) is 0 Å². The molecule has 26 heavy (non-hydrogen) atoms. The molecule has 132 valence electrons. The quantitative estimate of drug-likeness (QED) is 0.745. The molecule has 0 saturated carbocycles. The normalized spacial score (nSPS) is 10.6. The van der Waals surface area contributed by atoms with Crippen molar-refractivity contribution in [2.24, 2.45) is 0 Å². The SMILES string of the molecule is CN(C)c1nccc(CNC(=O)C(c2ccccc2)c2ccccc2)n1. The molecule has 3 rings (SSSR count). The number of nitrogens with one attached hydrogen (secondary N) is 1. The van der Waals surface area contributed by atoms with Crippen LogP contribution in [0.15, 0.2) is 72.9 Å². The summed E-state index contributed by atoms with van der Waals surface area (Å²) < 4.78 is 0. The van der Waals surface area contributed by atoms with E-state index in [0.29, 0.717) is 12.5 Å². The van der Waals surface area contributed by atoms with Gasteiger partial charge in [0.15, 0.2) is 0 Å². The lowest BCUT2D eigenvalue weighted by Gasteiger charge is -2.18. The fraction of sp³-hybridized carbons (Fsp3) is 0.190. The minimum absolute atomic E-state index is 0.0487. The van der Waals surface area contributed by atoms with Crippen molar-refractivity contribution in [2.45, 2.75) is 12.5 Å². The number of amides is 1. The van der Waals surface area contributed by atoms with Gasteiger partial charge in [0.1, 0.15) is 0 Å². The average Bonchev–Trinajstić information content (AvgIpc) is 2.68. The molecule has 0 fully saturated rings. The Morgan fingerprint density at radius 1 is 0.962 bits per heavy atom. The number of hydrogen-bond donors (Lipinski definition) is 1. The zero-order valence-corrected chi connectivity index (χ0v) is 15.0. The maximum absolute atomic E-state index is 13.0. The van der Waals surface area contributed by atoms with Gasteiger partial charge < -0.3 is 10.2 Å². The second-order valence-corrected chi connectivity index (χ2v) is 6.21. The van der Waals surface area contributed by atoms with Crippen molar-refractivity contribution >= 4 is 11.9 Å². The summed E-state index contributed by atoms with van der Waals surface area (Å²) in [6.45, 7) is 0.359. The smallest absolute Gasteiger partial charge is 0.232 e. The third-order valence-electron chi connectivity index (χ3n) is 4.07. The topological polar surface area (TPSA) is 58.1 Å². The summed E-state index contributed by atoms with van der Waals surface area (Å²) in [7, 11) is 3.77. The largest absolute Gasteiger partial charge is 0.350 e. The average molecular weight is 346 g/mol. The van der Waals surface area contributed by atoms with E-state index in [1.54, 1.807) is 6.20 Å². The first kappa shape index (κ1) is 17.6. The number of anilines is 1. The minimum Gasteiger partial charge on any atom is -0.350 e. The van der Waals surface area contributed by atoms with Crippen molar-refractivity contribution < 1.29 is 4.79 Å². The van der Waals surface area contributed by atoms with E-state index in [9.17, 15) is 4.79 Å². The predicted octanol–water partition coefficient (Wildman–Crippen LogP) is 2.99. The molecule has 0 saturated heterocycles. The van der Waals surface area contributed by atoms with Crippen LogP contribution in [0.2, 0.25) is 0 Å². The molecule has 1 N–H and O–H groups in total. The predicted molar refractivity (Wildman–Crippen MR) is 103 cm³/mol. The van der Waals surface area contributed by atoms with Gasteiger partial charge in [-0.3, -0.25) is 4.79 Å². The Bertz CT molecular complexity index is 811.